The van der Waals surface area contributed by atoms with Crippen molar-refractivity contribution in [2.45, 2.75) is 32.1 Å². The molecule has 0 radical (unpaired) electrons. The first-order chi connectivity index (χ1) is 9.57. The largest absolute Gasteiger partial charge is 0.396 e. The number of sulfone groups is 1. The van der Waals surface area contributed by atoms with E-state index in [0.717, 1.165) is 12.8 Å². The molecule has 1 N–H and O–H groups in total. The minimum Gasteiger partial charge on any atom is -0.396 e. The molecule has 0 saturated carbocycles. The van der Waals surface area contributed by atoms with Gasteiger partial charge in [0.2, 0.25) is 0 Å². The summed E-state index contributed by atoms with van der Waals surface area (Å²) >= 11 is 0. The molecular weight excluding hydrogens is 272 g/mol. The van der Waals surface area contributed by atoms with Gasteiger partial charge in [0.15, 0.2) is 9.84 Å². The van der Waals surface area contributed by atoms with Crippen LogP contribution in [0, 0.1) is 11.8 Å². The Morgan fingerprint density at radius 1 is 1.25 bits per heavy atom. The Balaban J connectivity index is 1.72. The normalized spacial score (nSPS) is 25.6. The highest BCUT2D eigenvalue weighted by Crippen LogP contribution is 2.30. The molecule has 4 heteroatoms. The molecule has 2 unspecified atom stereocenters. The van der Waals surface area contributed by atoms with Crippen molar-refractivity contribution in [1.29, 1.82) is 0 Å². The second kappa shape index (κ2) is 5.49. The van der Waals surface area contributed by atoms with E-state index in [-0.39, 0.29) is 24.2 Å². The molecule has 2 atom stereocenters. The van der Waals surface area contributed by atoms with Gasteiger partial charge in [-0.1, -0.05) is 18.2 Å². The first-order valence-electron chi connectivity index (χ1n) is 7.49. The predicted octanol–water partition coefficient (Wildman–Crippen LogP) is 1.76. The number of hydrogen-bond donors (Lipinski definition) is 1. The van der Waals surface area contributed by atoms with Crippen molar-refractivity contribution in [1.82, 2.24) is 0 Å². The van der Waals surface area contributed by atoms with Crippen molar-refractivity contribution in [2.75, 3.05) is 18.1 Å². The zero-order chi connectivity index (χ0) is 14.2. The van der Waals surface area contributed by atoms with Crippen molar-refractivity contribution >= 4 is 9.84 Å². The first kappa shape index (κ1) is 14.1. The van der Waals surface area contributed by atoms with Gasteiger partial charge in [-0.05, 0) is 60.6 Å². The summed E-state index contributed by atoms with van der Waals surface area (Å²) in [5, 5.41) is 9.62. The summed E-state index contributed by atoms with van der Waals surface area (Å²) < 4.78 is 23.2. The molecule has 1 aliphatic heterocycles. The average molecular weight is 294 g/mol. The third-order valence-electron chi connectivity index (χ3n) is 4.83. The zero-order valence-corrected chi connectivity index (χ0v) is 12.5. The zero-order valence-electron chi connectivity index (χ0n) is 11.7. The van der Waals surface area contributed by atoms with E-state index in [4.69, 9.17) is 0 Å². The molecule has 1 saturated heterocycles. The van der Waals surface area contributed by atoms with Crippen LogP contribution in [-0.2, 0) is 29.1 Å². The van der Waals surface area contributed by atoms with Crippen molar-refractivity contribution in [3.8, 4) is 0 Å². The molecule has 0 spiro atoms. The van der Waals surface area contributed by atoms with Crippen LogP contribution in [0.4, 0.5) is 0 Å². The lowest BCUT2D eigenvalue weighted by atomic mass is 9.86. The lowest BCUT2D eigenvalue weighted by Gasteiger charge is -2.20. The van der Waals surface area contributed by atoms with E-state index in [9.17, 15) is 13.5 Å². The second-order valence-electron chi connectivity index (χ2n) is 6.27. The summed E-state index contributed by atoms with van der Waals surface area (Å²) in [5.74, 6) is 0.742. The predicted molar refractivity (Wildman–Crippen MR) is 79.5 cm³/mol. The fourth-order valence-corrected chi connectivity index (χ4v) is 5.55. The maximum atomic E-state index is 11.6. The minimum atomic E-state index is -2.86. The lowest BCUT2D eigenvalue weighted by Crippen LogP contribution is -2.22. The molecule has 110 valence electrons. The van der Waals surface area contributed by atoms with Gasteiger partial charge >= 0.3 is 0 Å². The highest BCUT2D eigenvalue weighted by molar-refractivity contribution is 7.91. The van der Waals surface area contributed by atoms with Gasteiger partial charge in [-0.3, -0.25) is 0 Å². The third-order valence-corrected chi connectivity index (χ3v) is 6.62. The minimum absolute atomic E-state index is 0.0757. The van der Waals surface area contributed by atoms with Gasteiger partial charge < -0.3 is 5.11 Å². The van der Waals surface area contributed by atoms with E-state index in [1.807, 2.05) is 0 Å². The molecule has 1 heterocycles. The summed E-state index contributed by atoms with van der Waals surface area (Å²) in [5.41, 5.74) is 4.14. The van der Waals surface area contributed by atoms with Crippen LogP contribution in [0.5, 0.6) is 0 Å². The van der Waals surface area contributed by atoms with E-state index in [1.165, 1.54) is 29.5 Å². The van der Waals surface area contributed by atoms with E-state index < -0.39 is 9.84 Å². The van der Waals surface area contributed by atoms with E-state index >= 15 is 0 Å². The molecule has 3 rings (SSSR count). The summed E-state index contributed by atoms with van der Waals surface area (Å²) in [7, 11) is -2.86. The molecule has 2 aliphatic rings. The Hall–Kier alpha value is -0.870. The smallest absolute Gasteiger partial charge is 0.150 e. The Morgan fingerprint density at radius 3 is 2.75 bits per heavy atom. The fourth-order valence-electron chi connectivity index (χ4n) is 3.63. The van der Waals surface area contributed by atoms with Crippen LogP contribution in [0.15, 0.2) is 18.2 Å². The first-order valence-corrected chi connectivity index (χ1v) is 9.31. The van der Waals surface area contributed by atoms with Crippen LogP contribution in [-0.4, -0.2) is 31.6 Å². The quantitative estimate of drug-likeness (QED) is 0.920. The molecular formula is C16H22O3S. The van der Waals surface area contributed by atoms with Crippen LogP contribution in [0.25, 0.3) is 0 Å². The Labute approximate surface area is 120 Å². The van der Waals surface area contributed by atoms with Crippen molar-refractivity contribution in [3.05, 3.63) is 34.9 Å². The van der Waals surface area contributed by atoms with Crippen LogP contribution in [0.3, 0.4) is 0 Å². The maximum absolute atomic E-state index is 11.6. The molecule has 20 heavy (non-hydrogen) atoms. The molecule has 3 nitrogen and oxygen atoms in total. The summed E-state index contributed by atoms with van der Waals surface area (Å²) in [4.78, 5) is 0. The number of fused-ring (bicyclic) bond motifs is 1. The van der Waals surface area contributed by atoms with Gasteiger partial charge in [-0.25, -0.2) is 8.42 Å². The number of hydrogen-bond acceptors (Lipinski definition) is 3. The van der Waals surface area contributed by atoms with Crippen LogP contribution < -0.4 is 0 Å². The van der Waals surface area contributed by atoms with Gasteiger partial charge in [0.05, 0.1) is 11.5 Å². The molecule has 1 fully saturated rings. The Morgan fingerprint density at radius 2 is 2.05 bits per heavy atom. The average Bonchev–Trinajstić information content (AvgIpc) is 3.01. The lowest BCUT2D eigenvalue weighted by molar-refractivity contribution is 0.184. The monoisotopic (exact) mass is 294 g/mol. The van der Waals surface area contributed by atoms with E-state index in [2.05, 4.69) is 18.2 Å². The SMILES string of the molecule is O=S1(=O)CCC(C(CO)Cc2ccc3c(c2)CCC3)C1. The Bertz CT molecular complexity index is 592. The number of aliphatic hydroxyl groups excluding tert-OH is 1. The van der Waals surface area contributed by atoms with Gasteiger partial charge in [0, 0.05) is 6.61 Å². The van der Waals surface area contributed by atoms with E-state index in [0.29, 0.717) is 12.2 Å². The molecule has 0 amide bonds. The van der Waals surface area contributed by atoms with Crippen LogP contribution in [0.2, 0.25) is 0 Å². The maximum Gasteiger partial charge on any atom is 0.150 e. The molecule has 0 aromatic heterocycles. The highest BCUT2D eigenvalue weighted by Gasteiger charge is 2.33. The van der Waals surface area contributed by atoms with Crippen molar-refractivity contribution < 1.29 is 13.5 Å². The van der Waals surface area contributed by atoms with Gasteiger partial charge in [0.1, 0.15) is 0 Å². The van der Waals surface area contributed by atoms with Crippen molar-refractivity contribution in [3.63, 3.8) is 0 Å². The van der Waals surface area contributed by atoms with Crippen molar-refractivity contribution in [2.24, 2.45) is 11.8 Å². The fraction of sp³-hybridized carbons (Fsp3) is 0.625. The standard InChI is InChI=1S/C16H22O3S/c17-10-16(15-6-7-20(18,19)11-15)9-12-4-5-13-2-1-3-14(13)8-12/h4-5,8,15-17H,1-3,6-7,9-11H2. The molecule has 0 bridgehead atoms. The number of benzene rings is 1. The van der Waals surface area contributed by atoms with Gasteiger partial charge in [-0.2, -0.15) is 0 Å². The van der Waals surface area contributed by atoms with Gasteiger partial charge in [-0.15, -0.1) is 0 Å². The van der Waals surface area contributed by atoms with E-state index in [1.54, 1.807) is 0 Å². The Kier molecular flexibility index (Phi) is 3.87. The van der Waals surface area contributed by atoms with Gasteiger partial charge in [0.25, 0.3) is 0 Å². The number of aliphatic hydroxyl groups is 1. The topological polar surface area (TPSA) is 54.4 Å². The highest BCUT2D eigenvalue weighted by atomic mass is 32.2. The molecule has 1 aliphatic carbocycles. The van der Waals surface area contributed by atoms with Crippen LogP contribution in [0.1, 0.15) is 29.5 Å². The third kappa shape index (κ3) is 2.91. The number of rotatable bonds is 4. The summed E-state index contributed by atoms with van der Waals surface area (Å²) in [6.45, 7) is 0.0806. The second-order valence-corrected chi connectivity index (χ2v) is 8.50. The number of aryl methyl sites for hydroxylation is 2. The molecule has 1 aromatic rings. The summed E-state index contributed by atoms with van der Waals surface area (Å²) in [6.07, 6.45) is 5.08. The van der Waals surface area contributed by atoms with Crippen LogP contribution >= 0.6 is 0 Å². The summed E-state index contributed by atoms with van der Waals surface area (Å²) in [6, 6.07) is 6.61. The molecule has 1 aromatic carbocycles.